The van der Waals surface area contributed by atoms with E-state index in [9.17, 15) is 4.79 Å². The molecule has 3 rings (SSSR count). The molecule has 0 unspecified atom stereocenters. The van der Waals surface area contributed by atoms with Gasteiger partial charge in [-0.2, -0.15) is 0 Å². The smallest absolute Gasteiger partial charge is 0.227 e. The lowest BCUT2D eigenvalue weighted by Crippen LogP contribution is -2.37. The number of benzene rings is 2. The van der Waals surface area contributed by atoms with E-state index in [1.165, 1.54) is 9.13 Å². The second-order valence-corrected chi connectivity index (χ2v) is 8.31. The zero-order valence-corrected chi connectivity index (χ0v) is 17.2. The van der Waals surface area contributed by atoms with E-state index < -0.39 is 0 Å². The predicted octanol–water partition coefficient (Wildman–Crippen LogP) is 5.10. The molecule has 1 N–H and O–H groups in total. The summed E-state index contributed by atoms with van der Waals surface area (Å²) in [4.78, 5) is 15.0. The van der Waals surface area contributed by atoms with Crippen molar-refractivity contribution < 1.29 is 4.79 Å². The van der Waals surface area contributed by atoms with E-state index in [0.717, 1.165) is 48.7 Å². The molecule has 0 saturated carbocycles. The average molecular weight is 469 g/mol. The normalized spacial score (nSPS) is 16.0. The molecule has 0 aliphatic carbocycles. The van der Waals surface area contributed by atoms with Gasteiger partial charge in [-0.3, -0.25) is 9.69 Å². The van der Waals surface area contributed by atoms with Gasteiger partial charge in [0.1, 0.15) is 0 Å². The summed E-state index contributed by atoms with van der Waals surface area (Å²) < 4.78 is 1.18. The van der Waals surface area contributed by atoms with E-state index in [-0.39, 0.29) is 11.8 Å². The molecule has 2 aromatic rings. The van der Waals surface area contributed by atoms with Gasteiger partial charge in [0, 0.05) is 26.7 Å². The standard InChI is InChI=1S/C20H22ClIN2O/c1-14-11-18(22)5-6-19(14)23-20(25)16-7-9-24(10-8-16)13-15-3-2-4-17(21)12-15/h2-6,11-12,16H,7-10,13H2,1H3,(H,23,25). The third kappa shape index (κ3) is 5.19. The fourth-order valence-corrected chi connectivity index (χ4v) is 4.11. The highest BCUT2D eigenvalue weighted by atomic mass is 127. The Kier molecular flexibility index (Phi) is 6.36. The van der Waals surface area contributed by atoms with Crippen LogP contribution in [-0.4, -0.2) is 23.9 Å². The molecule has 0 spiro atoms. The lowest BCUT2D eigenvalue weighted by molar-refractivity contribution is -0.121. The van der Waals surface area contributed by atoms with Crippen LogP contribution in [0, 0.1) is 16.4 Å². The summed E-state index contributed by atoms with van der Waals surface area (Å²) in [5, 5.41) is 3.88. The molecule has 0 aromatic heterocycles. The number of nitrogens with zero attached hydrogens (tertiary/aromatic N) is 1. The third-order valence-corrected chi connectivity index (χ3v) is 5.61. The predicted molar refractivity (Wildman–Crippen MR) is 112 cm³/mol. The quantitative estimate of drug-likeness (QED) is 0.633. The minimum atomic E-state index is 0.0919. The second kappa shape index (κ2) is 8.52. The van der Waals surface area contributed by atoms with Crippen LogP contribution in [0.15, 0.2) is 42.5 Å². The van der Waals surface area contributed by atoms with E-state index in [1.54, 1.807) is 0 Å². The molecule has 2 aromatic carbocycles. The third-order valence-electron chi connectivity index (χ3n) is 4.70. The van der Waals surface area contributed by atoms with Crippen molar-refractivity contribution in [2.75, 3.05) is 18.4 Å². The highest BCUT2D eigenvalue weighted by molar-refractivity contribution is 14.1. The first-order valence-corrected chi connectivity index (χ1v) is 10.0. The maximum atomic E-state index is 12.6. The summed E-state index contributed by atoms with van der Waals surface area (Å²) in [5.41, 5.74) is 3.26. The molecule has 1 saturated heterocycles. The van der Waals surface area contributed by atoms with Crippen molar-refractivity contribution in [1.29, 1.82) is 0 Å². The topological polar surface area (TPSA) is 32.3 Å². The number of aryl methyl sites for hydroxylation is 1. The zero-order chi connectivity index (χ0) is 17.8. The Labute approximate surface area is 167 Å². The number of nitrogens with one attached hydrogen (secondary N) is 1. The highest BCUT2D eigenvalue weighted by Gasteiger charge is 2.25. The fraction of sp³-hybridized carbons (Fsp3) is 0.350. The molecule has 0 radical (unpaired) electrons. The van der Waals surface area contributed by atoms with E-state index in [4.69, 9.17) is 11.6 Å². The van der Waals surface area contributed by atoms with Gasteiger partial charge in [0.25, 0.3) is 0 Å². The first-order valence-electron chi connectivity index (χ1n) is 8.55. The van der Waals surface area contributed by atoms with E-state index in [0.29, 0.717) is 0 Å². The van der Waals surface area contributed by atoms with Gasteiger partial charge in [-0.15, -0.1) is 0 Å². The Morgan fingerprint density at radius 3 is 2.68 bits per heavy atom. The van der Waals surface area contributed by atoms with Gasteiger partial charge in [-0.25, -0.2) is 0 Å². The van der Waals surface area contributed by atoms with Crippen LogP contribution in [-0.2, 0) is 11.3 Å². The molecule has 0 bridgehead atoms. The number of halogens is 2. The molecular formula is C20H22ClIN2O. The number of piperidine rings is 1. The van der Waals surface area contributed by atoms with Crippen LogP contribution in [0.1, 0.15) is 24.0 Å². The number of anilines is 1. The van der Waals surface area contributed by atoms with Crippen molar-refractivity contribution >= 4 is 45.8 Å². The molecule has 1 aliphatic rings. The van der Waals surface area contributed by atoms with Crippen LogP contribution < -0.4 is 5.32 Å². The zero-order valence-electron chi connectivity index (χ0n) is 14.3. The lowest BCUT2D eigenvalue weighted by Gasteiger charge is -2.31. The number of carbonyl (C=O) groups excluding carboxylic acids is 1. The summed E-state index contributed by atoms with van der Waals surface area (Å²) in [6.07, 6.45) is 1.80. The molecule has 5 heteroatoms. The molecule has 1 amide bonds. The molecule has 3 nitrogen and oxygen atoms in total. The fourth-order valence-electron chi connectivity index (χ4n) is 3.25. The van der Waals surface area contributed by atoms with Gasteiger partial charge in [0.2, 0.25) is 5.91 Å². The Morgan fingerprint density at radius 2 is 2.00 bits per heavy atom. The van der Waals surface area contributed by atoms with Crippen molar-refractivity contribution in [1.82, 2.24) is 4.90 Å². The molecular weight excluding hydrogens is 447 g/mol. The Balaban J connectivity index is 1.52. The van der Waals surface area contributed by atoms with Crippen molar-refractivity contribution in [2.45, 2.75) is 26.3 Å². The van der Waals surface area contributed by atoms with Crippen LogP contribution in [0.2, 0.25) is 5.02 Å². The van der Waals surface area contributed by atoms with Crippen LogP contribution in [0.3, 0.4) is 0 Å². The van der Waals surface area contributed by atoms with Gasteiger partial charge >= 0.3 is 0 Å². The minimum Gasteiger partial charge on any atom is -0.326 e. The maximum Gasteiger partial charge on any atom is 0.227 e. The van der Waals surface area contributed by atoms with Crippen LogP contribution in [0.25, 0.3) is 0 Å². The summed E-state index contributed by atoms with van der Waals surface area (Å²) >= 11 is 8.34. The first-order chi connectivity index (χ1) is 12.0. The Bertz CT molecular complexity index is 757. The number of carbonyl (C=O) groups is 1. The van der Waals surface area contributed by atoms with E-state index >= 15 is 0 Å². The van der Waals surface area contributed by atoms with Gasteiger partial charge in [0.05, 0.1) is 0 Å². The molecule has 25 heavy (non-hydrogen) atoms. The number of hydrogen-bond acceptors (Lipinski definition) is 2. The van der Waals surface area contributed by atoms with E-state index in [1.807, 2.05) is 37.3 Å². The molecule has 1 aliphatic heterocycles. The van der Waals surface area contributed by atoms with E-state index in [2.05, 4.69) is 44.9 Å². The van der Waals surface area contributed by atoms with Crippen LogP contribution >= 0.6 is 34.2 Å². The van der Waals surface area contributed by atoms with Crippen LogP contribution in [0.5, 0.6) is 0 Å². The summed E-state index contributed by atoms with van der Waals surface area (Å²) in [7, 11) is 0. The van der Waals surface area contributed by atoms with Gasteiger partial charge in [0.15, 0.2) is 0 Å². The van der Waals surface area contributed by atoms with Gasteiger partial charge in [-0.05, 0) is 96.9 Å². The number of amides is 1. The number of hydrogen-bond donors (Lipinski definition) is 1. The van der Waals surface area contributed by atoms with Crippen molar-refractivity contribution in [3.63, 3.8) is 0 Å². The van der Waals surface area contributed by atoms with Gasteiger partial charge in [-0.1, -0.05) is 23.7 Å². The SMILES string of the molecule is Cc1cc(I)ccc1NC(=O)C1CCN(Cc2cccc(Cl)c2)CC1. The average Bonchev–Trinajstić information content (AvgIpc) is 2.58. The molecule has 1 heterocycles. The minimum absolute atomic E-state index is 0.0919. The Morgan fingerprint density at radius 1 is 1.24 bits per heavy atom. The lowest BCUT2D eigenvalue weighted by atomic mass is 9.95. The first kappa shape index (κ1) is 18.7. The molecule has 1 fully saturated rings. The summed E-state index contributed by atoms with van der Waals surface area (Å²) in [6.45, 7) is 4.81. The van der Waals surface area contributed by atoms with Gasteiger partial charge < -0.3 is 5.32 Å². The summed E-state index contributed by atoms with van der Waals surface area (Å²) in [6, 6.07) is 14.1. The highest BCUT2D eigenvalue weighted by Crippen LogP contribution is 2.23. The number of rotatable bonds is 4. The second-order valence-electron chi connectivity index (χ2n) is 6.63. The van der Waals surface area contributed by atoms with Crippen molar-refractivity contribution in [3.05, 3.63) is 62.2 Å². The summed E-state index contributed by atoms with van der Waals surface area (Å²) in [5.74, 6) is 0.237. The molecule has 0 atom stereocenters. The molecule has 132 valence electrons. The maximum absolute atomic E-state index is 12.6. The van der Waals surface area contributed by atoms with Crippen LogP contribution in [0.4, 0.5) is 5.69 Å². The number of likely N-dealkylation sites (tertiary alicyclic amines) is 1. The monoisotopic (exact) mass is 468 g/mol. The van der Waals surface area contributed by atoms with Crippen molar-refractivity contribution in [2.24, 2.45) is 5.92 Å². The Hall–Kier alpha value is -1.11. The van der Waals surface area contributed by atoms with Crippen molar-refractivity contribution in [3.8, 4) is 0 Å². The largest absolute Gasteiger partial charge is 0.326 e.